The van der Waals surface area contributed by atoms with Crippen molar-refractivity contribution < 1.29 is 63.2 Å². The lowest BCUT2D eigenvalue weighted by atomic mass is 9.77. The summed E-state index contributed by atoms with van der Waals surface area (Å²) in [7, 11) is 5.31. The number of rotatable bonds is 18. The minimum atomic E-state index is -1.88. The van der Waals surface area contributed by atoms with Crippen LogP contribution in [0.1, 0.15) is 107 Å². The van der Waals surface area contributed by atoms with Crippen LogP contribution in [0.25, 0.3) is 0 Å². The number of hydrogen-bond donors (Lipinski definition) is 7. The summed E-state index contributed by atoms with van der Waals surface area (Å²) in [5, 5.41) is 66.0. The number of cyclic esters (lactones) is 1. The molecule has 372 valence electrons. The lowest BCUT2D eigenvalue weighted by Crippen LogP contribution is -2.59. The van der Waals surface area contributed by atoms with Crippen LogP contribution in [0.2, 0.25) is 0 Å². The van der Waals surface area contributed by atoms with E-state index < -0.39 is 90.4 Å². The molecule has 2 aliphatic rings. The number of esters is 1. The molecule has 1 aromatic heterocycles. The Kier molecular flexibility index (Phi) is 22.8. The summed E-state index contributed by atoms with van der Waals surface area (Å²) in [6.45, 7) is 19.5. The molecule has 17 nitrogen and oxygen atoms in total. The Morgan fingerprint density at radius 1 is 1.11 bits per heavy atom. The number of likely N-dealkylation sites (N-methyl/N-ethyl adjacent to an activating group) is 1. The van der Waals surface area contributed by atoms with Crippen molar-refractivity contribution >= 4 is 23.3 Å². The Hall–Kier alpha value is -2.04. The van der Waals surface area contributed by atoms with E-state index >= 15 is 0 Å². The van der Waals surface area contributed by atoms with Gasteiger partial charge in [-0.25, -0.2) is 0 Å². The third-order valence-electron chi connectivity index (χ3n) is 13.1. The summed E-state index contributed by atoms with van der Waals surface area (Å²) in [5.41, 5.74) is -3.51. The molecule has 0 aliphatic carbocycles. The maximum Gasteiger partial charge on any atom is 0.311 e. The molecule has 17 atom stereocenters. The summed E-state index contributed by atoms with van der Waals surface area (Å²) in [6.07, 6.45) is -6.29. The molecule has 2 fully saturated rings. The lowest BCUT2D eigenvalue weighted by Gasteiger charge is -2.47. The van der Waals surface area contributed by atoms with Crippen molar-refractivity contribution in [2.75, 3.05) is 47.4 Å². The zero-order valence-corrected chi connectivity index (χ0v) is 41.6. The summed E-state index contributed by atoms with van der Waals surface area (Å²) >= 11 is 5.49. The monoisotopic (exact) mass is 933 g/mol. The molecule has 64 heavy (non-hydrogen) atoms. The number of furan rings is 1. The molecule has 0 bridgehead atoms. The third kappa shape index (κ3) is 16.0. The number of nitrogens with one attached hydrogen (secondary N) is 2. The standard InChI is InChI=1S/C46H84N4O13S/c1-14-36-46(10,56)40(53)31(6)50(20-16-19-47-44(64)48-25-34-17-15-21-58-34)26-27(2)24-45(9,55)41(63-43-38(52)35(49(11)12)23-28(3)59-43)29(4)39(30(5)42(54)61-36)62-37(18-22-57-13)60-33(8)32(7)51/h15,17,21,27-33,35-41,43,51-53,55-56H,14,16,18-20,22-26H2,1-13H3,(H2,47,48,64)/t27-,28-,29+,30-,31-,32-,33+,35+,36-,37+,38-,39+,40-,41-,43+,45-,46-/m1/s1. The van der Waals surface area contributed by atoms with Gasteiger partial charge in [0.1, 0.15) is 29.7 Å². The average Bonchev–Trinajstić information content (AvgIpc) is 3.76. The van der Waals surface area contributed by atoms with Crippen LogP contribution < -0.4 is 10.6 Å². The molecule has 18 heteroatoms. The largest absolute Gasteiger partial charge is 0.467 e. The maximum absolute atomic E-state index is 14.5. The van der Waals surface area contributed by atoms with Crippen LogP contribution >= 0.6 is 12.2 Å². The molecule has 1 aromatic rings. The van der Waals surface area contributed by atoms with Gasteiger partial charge in [0, 0.05) is 51.2 Å². The summed E-state index contributed by atoms with van der Waals surface area (Å²) in [4.78, 5) is 18.5. The first kappa shape index (κ1) is 56.3. The quantitative estimate of drug-likeness (QED) is 0.0487. The Labute approximate surface area is 387 Å². The van der Waals surface area contributed by atoms with Gasteiger partial charge in [-0.3, -0.25) is 9.69 Å². The number of hydrogen-bond acceptors (Lipinski definition) is 16. The van der Waals surface area contributed by atoms with Crippen LogP contribution in [0, 0.1) is 17.8 Å². The second-order valence-electron chi connectivity index (χ2n) is 19.1. The second-order valence-corrected chi connectivity index (χ2v) is 19.5. The molecule has 0 unspecified atom stereocenters. The fourth-order valence-electron chi connectivity index (χ4n) is 9.17. The summed E-state index contributed by atoms with van der Waals surface area (Å²) < 4.78 is 43.0. The number of carbonyl (C=O) groups is 1. The van der Waals surface area contributed by atoms with E-state index in [4.69, 9.17) is 45.1 Å². The van der Waals surface area contributed by atoms with Gasteiger partial charge in [0.05, 0.1) is 61.5 Å². The Bertz CT molecular complexity index is 1510. The minimum absolute atomic E-state index is 0.179. The Morgan fingerprint density at radius 3 is 2.39 bits per heavy atom. The molecule has 0 radical (unpaired) electrons. The second kappa shape index (κ2) is 25.9. The molecule has 2 aliphatic heterocycles. The van der Waals surface area contributed by atoms with Crippen LogP contribution in [0.15, 0.2) is 22.8 Å². The van der Waals surface area contributed by atoms with Gasteiger partial charge >= 0.3 is 5.97 Å². The molecule has 7 N–H and O–H groups in total. The first-order valence-electron chi connectivity index (χ1n) is 23.2. The number of methoxy groups -OCH3 is 1. The van der Waals surface area contributed by atoms with E-state index in [1.165, 1.54) is 6.92 Å². The van der Waals surface area contributed by atoms with E-state index in [2.05, 4.69) is 15.5 Å². The Balaban J connectivity index is 2.10. The summed E-state index contributed by atoms with van der Waals surface area (Å²) in [6, 6.07) is 2.73. The van der Waals surface area contributed by atoms with Gasteiger partial charge in [0.2, 0.25) is 0 Å². The van der Waals surface area contributed by atoms with Crippen LogP contribution in [-0.4, -0.2) is 179 Å². The van der Waals surface area contributed by atoms with Gasteiger partial charge in [0.25, 0.3) is 0 Å². The number of aliphatic hydroxyl groups excluding tert-OH is 3. The van der Waals surface area contributed by atoms with Crippen molar-refractivity contribution in [3.8, 4) is 0 Å². The first-order chi connectivity index (χ1) is 29.9. The van der Waals surface area contributed by atoms with Gasteiger partial charge in [-0.2, -0.15) is 0 Å². The number of aliphatic hydroxyl groups is 5. The maximum atomic E-state index is 14.5. The van der Waals surface area contributed by atoms with Gasteiger partial charge < -0.3 is 73.9 Å². The highest BCUT2D eigenvalue weighted by Gasteiger charge is 2.51. The molecular weight excluding hydrogens is 849 g/mol. The summed E-state index contributed by atoms with van der Waals surface area (Å²) in [5.74, 6) is -2.04. The number of nitrogens with zero attached hydrogens (tertiary/aromatic N) is 2. The first-order valence-corrected chi connectivity index (χ1v) is 23.6. The SMILES string of the molecule is CC[C@H]1OC(=O)[C@H](C)[C@@H](O[C@@H](CCOC)O[C@@H](C)[C@@H](C)O)[C@H](C)[C@@H](O[C@@H]2O[C@H](C)C[C@H](N(C)C)[C@H]2O)[C@](C)(O)C[C@@H](C)CN(CCCNC(=S)NCc2ccco2)[C@H](C)[C@@H](O)[C@]1(C)O. The van der Waals surface area contributed by atoms with Crippen molar-refractivity contribution in [3.05, 3.63) is 24.2 Å². The molecule has 0 saturated carbocycles. The number of carbonyl (C=O) groups excluding carboxylic acids is 1. The lowest BCUT2D eigenvalue weighted by molar-refractivity contribution is -0.306. The fraction of sp³-hybridized carbons (Fsp3) is 0.870. The molecule has 3 heterocycles. The Morgan fingerprint density at radius 2 is 1.80 bits per heavy atom. The predicted octanol–water partition coefficient (Wildman–Crippen LogP) is 3.17. The van der Waals surface area contributed by atoms with E-state index in [0.717, 1.165) is 5.76 Å². The third-order valence-corrected chi connectivity index (χ3v) is 13.4. The van der Waals surface area contributed by atoms with Gasteiger partial charge in [-0.05, 0) is 119 Å². The van der Waals surface area contributed by atoms with E-state index in [1.807, 2.05) is 58.8 Å². The van der Waals surface area contributed by atoms with Crippen molar-refractivity contribution in [1.82, 2.24) is 20.4 Å². The van der Waals surface area contributed by atoms with Crippen LogP contribution in [-0.2, 0) is 39.8 Å². The topological polar surface area (TPSA) is 217 Å². The normalized spacial score (nSPS) is 36.6. The smallest absolute Gasteiger partial charge is 0.311 e. The van der Waals surface area contributed by atoms with Crippen LogP contribution in [0.4, 0.5) is 0 Å². The highest BCUT2D eigenvalue weighted by Crippen LogP contribution is 2.38. The minimum Gasteiger partial charge on any atom is -0.467 e. The van der Waals surface area contributed by atoms with Crippen LogP contribution in [0.5, 0.6) is 0 Å². The van der Waals surface area contributed by atoms with E-state index in [9.17, 15) is 30.3 Å². The van der Waals surface area contributed by atoms with Crippen LogP contribution in [0.3, 0.4) is 0 Å². The molecular formula is C46H84N4O13S. The van der Waals surface area contributed by atoms with Gasteiger partial charge in [-0.1, -0.05) is 20.8 Å². The number of ether oxygens (including phenoxy) is 6. The van der Waals surface area contributed by atoms with Gasteiger partial charge in [0.15, 0.2) is 17.7 Å². The molecule has 0 amide bonds. The predicted molar refractivity (Wildman–Crippen MR) is 246 cm³/mol. The molecule has 0 aromatic carbocycles. The zero-order chi connectivity index (χ0) is 48.1. The van der Waals surface area contributed by atoms with Crippen molar-refractivity contribution in [2.24, 2.45) is 17.8 Å². The van der Waals surface area contributed by atoms with Crippen molar-refractivity contribution in [2.45, 2.75) is 193 Å². The molecule has 3 rings (SSSR count). The van der Waals surface area contributed by atoms with Crippen molar-refractivity contribution in [1.29, 1.82) is 0 Å². The average molecular weight is 933 g/mol. The highest BCUT2D eigenvalue weighted by atomic mass is 32.1. The zero-order valence-electron chi connectivity index (χ0n) is 40.8. The van der Waals surface area contributed by atoms with E-state index in [-0.39, 0.29) is 43.9 Å². The molecule has 0 spiro atoms. The van der Waals surface area contributed by atoms with Crippen molar-refractivity contribution in [3.63, 3.8) is 0 Å². The van der Waals surface area contributed by atoms with E-state index in [1.54, 1.807) is 48.0 Å². The van der Waals surface area contributed by atoms with Gasteiger partial charge in [-0.15, -0.1) is 0 Å². The highest BCUT2D eigenvalue weighted by molar-refractivity contribution is 7.80. The van der Waals surface area contributed by atoms with E-state index in [0.29, 0.717) is 44.1 Å². The number of thiocarbonyl (C=S) groups is 1. The fourth-order valence-corrected chi connectivity index (χ4v) is 9.34. The molecule has 2 saturated heterocycles.